The van der Waals surface area contributed by atoms with E-state index in [0.717, 1.165) is 16.4 Å². The molecule has 92 valence electrons. The molecule has 2 aromatic heterocycles. The van der Waals surface area contributed by atoms with Gasteiger partial charge in [0.2, 0.25) is 5.95 Å². The van der Waals surface area contributed by atoms with Crippen molar-refractivity contribution in [2.45, 2.75) is 0 Å². The summed E-state index contributed by atoms with van der Waals surface area (Å²) in [6.07, 6.45) is 0. The Balaban J connectivity index is 2.39. The summed E-state index contributed by atoms with van der Waals surface area (Å²) < 4.78 is 7.28. The summed E-state index contributed by atoms with van der Waals surface area (Å²) in [5.74, 6) is 0.453. The lowest BCUT2D eigenvalue weighted by Gasteiger charge is -1.96. The van der Waals surface area contributed by atoms with Gasteiger partial charge in [-0.25, -0.2) is 4.98 Å². The van der Waals surface area contributed by atoms with Crippen LogP contribution in [-0.2, 0) is 7.05 Å². The third-order valence-corrected chi connectivity index (χ3v) is 3.02. The van der Waals surface area contributed by atoms with Crippen molar-refractivity contribution in [3.8, 4) is 0 Å². The monoisotopic (exact) mass is 244 g/mol. The average Bonchev–Trinajstić information content (AvgIpc) is 2.90. The van der Waals surface area contributed by atoms with E-state index in [0.29, 0.717) is 11.5 Å². The predicted octanol–water partition coefficient (Wildman–Crippen LogP) is 1.26. The standard InChI is InChI=1S/C12H12N4O2/c1-14-11(17)9-5-6-8(18-9)4-3-7-10(6)16(2)12(13)15-7/h3-5H,1-2H3,(H2,13,15)(H,14,17). The second kappa shape index (κ2) is 3.49. The summed E-state index contributed by atoms with van der Waals surface area (Å²) in [5.41, 5.74) is 8.07. The highest BCUT2D eigenvalue weighted by molar-refractivity contribution is 6.06. The highest BCUT2D eigenvalue weighted by atomic mass is 16.3. The van der Waals surface area contributed by atoms with Crippen LogP contribution in [0.25, 0.3) is 22.0 Å². The lowest BCUT2D eigenvalue weighted by Crippen LogP contribution is -2.16. The van der Waals surface area contributed by atoms with Crippen LogP contribution < -0.4 is 11.1 Å². The summed E-state index contributed by atoms with van der Waals surface area (Å²) in [4.78, 5) is 15.8. The number of nitrogens with zero attached hydrogens (tertiary/aromatic N) is 2. The van der Waals surface area contributed by atoms with E-state index in [1.165, 1.54) is 0 Å². The van der Waals surface area contributed by atoms with Crippen LogP contribution in [0.15, 0.2) is 22.6 Å². The van der Waals surface area contributed by atoms with Crippen LogP contribution in [0.2, 0.25) is 0 Å². The van der Waals surface area contributed by atoms with Gasteiger partial charge in [-0.05, 0) is 18.2 Å². The molecular weight excluding hydrogens is 232 g/mol. The molecule has 0 saturated carbocycles. The van der Waals surface area contributed by atoms with Gasteiger partial charge in [0.05, 0.1) is 11.0 Å². The molecule has 1 amide bonds. The Hall–Kier alpha value is -2.50. The zero-order chi connectivity index (χ0) is 12.9. The van der Waals surface area contributed by atoms with Gasteiger partial charge in [0.25, 0.3) is 5.91 Å². The molecule has 0 atom stereocenters. The van der Waals surface area contributed by atoms with Crippen molar-refractivity contribution in [1.82, 2.24) is 14.9 Å². The molecule has 0 aliphatic carbocycles. The first-order chi connectivity index (χ1) is 8.61. The SMILES string of the molecule is CNC(=O)c1cc2c(ccc3nc(N)n(C)c32)o1. The predicted molar refractivity (Wildman–Crippen MR) is 68.3 cm³/mol. The first-order valence-electron chi connectivity index (χ1n) is 5.48. The molecule has 6 heteroatoms. The quantitative estimate of drug-likeness (QED) is 0.674. The Kier molecular flexibility index (Phi) is 2.07. The molecular formula is C12H12N4O2. The molecule has 0 aliphatic heterocycles. The van der Waals surface area contributed by atoms with E-state index in [2.05, 4.69) is 10.3 Å². The third kappa shape index (κ3) is 1.29. The maximum Gasteiger partial charge on any atom is 0.286 e. The normalized spacial score (nSPS) is 11.2. The van der Waals surface area contributed by atoms with Crippen molar-refractivity contribution in [2.75, 3.05) is 12.8 Å². The van der Waals surface area contributed by atoms with E-state index in [9.17, 15) is 4.79 Å². The van der Waals surface area contributed by atoms with Gasteiger partial charge in [-0.15, -0.1) is 0 Å². The number of hydrogen-bond donors (Lipinski definition) is 2. The van der Waals surface area contributed by atoms with E-state index in [-0.39, 0.29) is 11.7 Å². The van der Waals surface area contributed by atoms with Gasteiger partial charge >= 0.3 is 0 Å². The minimum atomic E-state index is -0.255. The van der Waals surface area contributed by atoms with Crippen LogP contribution in [0.5, 0.6) is 0 Å². The zero-order valence-electron chi connectivity index (χ0n) is 10.0. The van der Waals surface area contributed by atoms with Crippen LogP contribution in [0.1, 0.15) is 10.6 Å². The van der Waals surface area contributed by atoms with Crippen LogP contribution >= 0.6 is 0 Å². The molecule has 1 aromatic carbocycles. The van der Waals surface area contributed by atoms with Crippen LogP contribution in [0, 0.1) is 0 Å². The topological polar surface area (TPSA) is 86.1 Å². The number of nitrogen functional groups attached to an aromatic ring is 1. The second-order valence-electron chi connectivity index (χ2n) is 4.06. The first kappa shape index (κ1) is 10.6. The maximum atomic E-state index is 11.6. The number of carbonyl (C=O) groups excluding carboxylic acids is 1. The van der Waals surface area contributed by atoms with Crippen molar-refractivity contribution in [2.24, 2.45) is 7.05 Å². The lowest BCUT2D eigenvalue weighted by molar-refractivity contribution is 0.0938. The van der Waals surface area contributed by atoms with Crippen molar-refractivity contribution in [1.29, 1.82) is 0 Å². The Morgan fingerprint density at radius 2 is 2.28 bits per heavy atom. The molecule has 0 aliphatic rings. The fourth-order valence-electron chi connectivity index (χ4n) is 2.08. The number of anilines is 1. The maximum absolute atomic E-state index is 11.6. The molecule has 0 unspecified atom stereocenters. The minimum Gasteiger partial charge on any atom is -0.451 e. The molecule has 3 rings (SSSR count). The van der Waals surface area contributed by atoms with E-state index in [4.69, 9.17) is 10.2 Å². The van der Waals surface area contributed by atoms with E-state index >= 15 is 0 Å². The Morgan fingerprint density at radius 3 is 3.00 bits per heavy atom. The molecule has 2 heterocycles. The molecule has 0 bridgehead atoms. The van der Waals surface area contributed by atoms with Gasteiger partial charge in [0.1, 0.15) is 5.58 Å². The highest BCUT2D eigenvalue weighted by Crippen LogP contribution is 2.28. The summed E-state index contributed by atoms with van der Waals surface area (Å²) in [5, 5.41) is 3.36. The van der Waals surface area contributed by atoms with Crippen LogP contribution in [0.4, 0.5) is 5.95 Å². The summed E-state index contributed by atoms with van der Waals surface area (Å²) in [6.45, 7) is 0. The highest BCUT2D eigenvalue weighted by Gasteiger charge is 2.15. The smallest absolute Gasteiger partial charge is 0.286 e. The van der Waals surface area contributed by atoms with Gasteiger partial charge in [-0.2, -0.15) is 0 Å². The molecule has 6 nitrogen and oxygen atoms in total. The third-order valence-electron chi connectivity index (χ3n) is 3.02. The van der Waals surface area contributed by atoms with E-state index < -0.39 is 0 Å². The summed E-state index contributed by atoms with van der Waals surface area (Å²) in [6, 6.07) is 5.32. The van der Waals surface area contributed by atoms with E-state index in [1.54, 1.807) is 23.7 Å². The van der Waals surface area contributed by atoms with Crippen LogP contribution in [0.3, 0.4) is 0 Å². The number of aromatic nitrogens is 2. The molecule has 3 aromatic rings. The van der Waals surface area contributed by atoms with E-state index in [1.807, 2.05) is 13.1 Å². The van der Waals surface area contributed by atoms with Gasteiger partial charge in [-0.1, -0.05) is 0 Å². The number of imidazole rings is 1. The minimum absolute atomic E-state index is 0.255. The number of furan rings is 1. The Morgan fingerprint density at radius 1 is 1.50 bits per heavy atom. The van der Waals surface area contributed by atoms with Gasteiger partial charge < -0.3 is 20.0 Å². The number of fused-ring (bicyclic) bond motifs is 3. The molecule has 0 fully saturated rings. The molecule has 0 spiro atoms. The summed E-state index contributed by atoms with van der Waals surface area (Å²) >= 11 is 0. The second-order valence-corrected chi connectivity index (χ2v) is 4.06. The summed E-state index contributed by atoms with van der Waals surface area (Å²) in [7, 11) is 3.39. The molecule has 0 saturated heterocycles. The fourth-order valence-corrected chi connectivity index (χ4v) is 2.08. The van der Waals surface area contributed by atoms with Crippen LogP contribution in [-0.4, -0.2) is 22.5 Å². The zero-order valence-corrected chi connectivity index (χ0v) is 10.0. The molecule has 18 heavy (non-hydrogen) atoms. The average molecular weight is 244 g/mol. The van der Waals surface area contributed by atoms with Gasteiger partial charge in [0.15, 0.2) is 5.76 Å². The van der Waals surface area contributed by atoms with Gasteiger partial charge in [0, 0.05) is 19.5 Å². The number of carbonyl (C=O) groups is 1. The number of aryl methyl sites for hydroxylation is 1. The molecule has 0 radical (unpaired) electrons. The first-order valence-corrected chi connectivity index (χ1v) is 5.48. The van der Waals surface area contributed by atoms with Crippen molar-refractivity contribution in [3.05, 3.63) is 24.0 Å². The van der Waals surface area contributed by atoms with Crippen molar-refractivity contribution < 1.29 is 9.21 Å². The number of nitrogens with one attached hydrogen (secondary N) is 1. The van der Waals surface area contributed by atoms with Crippen molar-refractivity contribution in [3.63, 3.8) is 0 Å². The lowest BCUT2D eigenvalue weighted by atomic mass is 10.2. The largest absolute Gasteiger partial charge is 0.451 e. The number of amides is 1. The van der Waals surface area contributed by atoms with Crippen molar-refractivity contribution >= 4 is 33.9 Å². The Labute approximate surface area is 102 Å². The Bertz CT molecular complexity index is 769. The number of rotatable bonds is 1. The number of nitrogens with two attached hydrogens (primary N) is 1. The number of hydrogen-bond acceptors (Lipinski definition) is 4. The number of benzene rings is 1. The van der Waals surface area contributed by atoms with Gasteiger partial charge in [-0.3, -0.25) is 4.79 Å². The molecule has 3 N–H and O–H groups in total. The fraction of sp³-hybridized carbons (Fsp3) is 0.167.